The van der Waals surface area contributed by atoms with E-state index in [-0.39, 0.29) is 11.6 Å². The summed E-state index contributed by atoms with van der Waals surface area (Å²) in [6.45, 7) is 3.50. The molecule has 2 N–H and O–H groups in total. The summed E-state index contributed by atoms with van der Waals surface area (Å²) < 4.78 is 32.4. The molecule has 2 rings (SSSR count). The molecule has 0 aliphatic rings. The summed E-state index contributed by atoms with van der Waals surface area (Å²) >= 11 is 3.19. The zero-order chi connectivity index (χ0) is 12.0. The van der Waals surface area contributed by atoms with Crippen LogP contribution in [0.5, 0.6) is 0 Å². The van der Waals surface area contributed by atoms with Crippen LogP contribution in [0.2, 0.25) is 0 Å². The minimum atomic E-state index is -0.979. The monoisotopic (exact) mass is 289 g/mol. The van der Waals surface area contributed by atoms with Crippen LogP contribution >= 0.6 is 15.9 Å². The largest absolute Gasteiger partial charge is 0.456 e. The summed E-state index contributed by atoms with van der Waals surface area (Å²) in [5, 5.41) is 0.534. The van der Waals surface area contributed by atoms with Crippen LogP contribution < -0.4 is 5.73 Å². The molecule has 0 spiro atoms. The molecule has 16 heavy (non-hydrogen) atoms. The lowest BCUT2D eigenvalue weighted by Gasteiger charge is -2.00. The Morgan fingerprint density at radius 3 is 2.62 bits per heavy atom. The fourth-order valence-corrected chi connectivity index (χ4v) is 2.44. The molecule has 5 heteroatoms. The molecular formula is C11H10BrF2NO. The number of halogens is 3. The van der Waals surface area contributed by atoms with E-state index in [0.717, 1.165) is 11.6 Å². The molecule has 86 valence electrons. The number of hydrogen-bond acceptors (Lipinski definition) is 2. The van der Waals surface area contributed by atoms with E-state index in [9.17, 15) is 8.78 Å². The zero-order valence-electron chi connectivity index (χ0n) is 8.77. The van der Waals surface area contributed by atoms with Crippen LogP contribution in [-0.2, 0) is 0 Å². The van der Waals surface area contributed by atoms with Crippen molar-refractivity contribution in [1.82, 2.24) is 0 Å². The van der Waals surface area contributed by atoms with E-state index in [1.54, 1.807) is 13.8 Å². The number of nitrogens with two attached hydrogens (primary N) is 1. The maximum absolute atomic E-state index is 13.5. The lowest BCUT2D eigenvalue weighted by atomic mass is 10.1. The van der Waals surface area contributed by atoms with Crippen molar-refractivity contribution in [2.75, 3.05) is 0 Å². The second-order valence-corrected chi connectivity index (χ2v) is 4.59. The molecule has 2 nitrogen and oxygen atoms in total. The predicted octanol–water partition coefficient (Wildman–Crippen LogP) is 3.80. The number of aryl methyl sites for hydroxylation is 1. The third-order valence-corrected chi connectivity index (χ3v) is 3.12. The SMILES string of the molecule is Cc1c(C(C)N)oc2c(F)c(F)cc(Br)c12. The van der Waals surface area contributed by atoms with Gasteiger partial charge in [-0.05, 0) is 35.8 Å². The molecule has 0 amide bonds. The predicted molar refractivity (Wildman–Crippen MR) is 61.2 cm³/mol. The van der Waals surface area contributed by atoms with Crippen molar-refractivity contribution in [3.63, 3.8) is 0 Å². The molecule has 1 unspecified atom stereocenters. The van der Waals surface area contributed by atoms with Crippen LogP contribution in [0.1, 0.15) is 24.3 Å². The van der Waals surface area contributed by atoms with Gasteiger partial charge in [0.25, 0.3) is 0 Å². The summed E-state index contributed by atoms with van der Waals surface area (Å²) in [7, 11) is 0. The van der Waals surface area contributed by atoms with Gasteiger partial charge in [-0.15, -0.1) is 0 Å². The zero-order valence-corrected chi connectivity index (χ0v) is 10.4. The average molecular weight is 290 g/mol. The standard InChI is InChI=1S/C11H10BrF2NO/c1-4-8-6(12)3-7(13)9(14)11(8)16-10(4)5(2)15/h3,5H,15H2,1-2H3. The summed E-state index contributed by atoms with van der Waals surface area (Å²) in [5.41, 5.74) is 6.34. The van der Waals surface area contributed by atoms with Gasteiger partial charge < -0.3 is 10.2 Å². The first-order valence-electron chi connectivity index (χ1n) is 4.75. The number of benzene rings is 1. The lowest BCUT2D eigenvalue weighted by Crippen LogP contribution is -2.04. The smallest absolute Gasteiger partial charge is 0.201 e. The highest BCUT2D eigenvalue weighted by Crippen LogP contribution is 2.36. The quantitative estimate of drug-likeness (QED) is 0.811. The second kappa shape index (κ2) is 3.82. The molecule has 0 fully saturated rings. The van der Waals surface area contributed by atoms with Gasteiger partial charge in [-0.25, -0.2) is 4.39 Å². The van der Waals surface area contributed by atoms with Crippen LogP contribution in [0.3, 0.4) is 0 Å². The molecule has 0 saturated heterocycles. The van der Waals surface area contributed by atoms with Crippen LogP contribution in [0, 0.1) is 18.6 Å². The van der Waals surface area contributed by atoms with Gasteiger partial charge in [-0.2, -0.15) is 4.39 Å². The molecule has 2 aromatic rings. The Labute approximate surface area is 99.5 Å². The highest BCUT2D eigenvalue weighted by molar-refractivity contribution is 9.10. The minimum absolute atomic E-state index is 0.0864. The highest BCUT2D eigenvalue weighted by Gasteiger charge is 2.21. The molecule has 1 aromatic heterocycles. The molecule has 0 aliphatic heterocycles. The van der Waals surface area contributed by atoms with Crippen molar-refractivity contribution < 1.29 is 13.2 Å². The molecule has 0 bridgehead atoms. The van der Waals surface area contributed by atoms with E-state index in [2.05, 4.69) is 15.9 Å². The Balaban J connectivity index is 2.91. The Hall–Kier alpha value is -0.940. The van der Waals surface area contributed by atoms with E-state index in [1.165, 1.54) is 0 Å². The van der Waals surface area contributed by atoms with Crippen LogP contribution in [-0.4, -0.2) is 0 Å². The average Bonchev–Trinajstić information content (AvgIpc) is 2.53. The lowest BCUT2D eigenvalue weighted by molar-refractivity contribution is 0.465. The first-order chi connectivity index (χ1) is 7.43. The fraction of sp³-hybridized carbons (Fsp3) is 0.273. The van der Waals surface area contributed by atoms with Gasteiger partial charge in [0.1, 0.15) is 5.76 Å². The van der Waals surface area contributed by atoms with E-state index < -0.39 is 11.6 Å². The van der Waals surface area contributed by atoms with Crippen molar-refractivity contribution in [2.45, 2.75) is 19.9 Å². The first-order valence-corrected chi connectivity index (χ1v) is 5.54. The van der Waals surface area contributed by atoms with Gasteiger partial charge in [0.2, 0.25) is 5.82 Å². The molecule has 1 heterocycles. The summed E-state index contributed by atoms with van der Waals surface area (Å²) in [4.78, 5) is 0. The van der Waals surface area contributed by atoms with E-state index in [1.807, 2.05) is 0 Å². The Kier molecular flexibility index (Phi) is 2.75. The van der Waals surface area contributed by atoms with Gasteiger partial charge in [-0.1, -0.05) is 0 Å². The van der Waals surface area contributed by atoms with Crippen LogP contribution in [0.15, 0.2) is 15.0 Å². The number of rotatable bonds is 1. The Morgan fingerprint density at radius 1 is 1.44 bits per heavy atom. The Morgan fingerprint density at radius 2 is 2.06 bits per heavy atom. The number of hydrogen-bond donors (Lipinski definition) is 1. The van der Waals surface area contributed by atoms with Gasteiger partial charge in [-0.3, -0.25) is 0 Å². The summed E-state index contributed by atoms with van der Waals surface area (Å²) in [5.74, 6) is -1.45. The third kappa shape index (κ3) is 1.55. The minimum Gasteiger partial charge on any atom is -0.456 e. The fourth-order valence-electron chi connectivity index (χ4n) is 1.76. The second-order valence-electron chi connectivity index (χ2n) is 3.74. The van der Waals surface area contributed by atoms with Crippen molar-refractivity contribution in [3.8, 4) is 0 Å². The molecule has 1 aromatic carbocycles. The maximum atomic E-state index is 13.5. The summed E-state index contributed by atoms with van der Waals surface area (Å²) in [6, 6.07) is 0.729. The van der Waals surface area contributed by atoms with Gasteiger partial charge in [0, 0.05) is 15.4 Å². The number of furan rings is 1. The summed E-state index contributed by atoms with van der Waals surface area (Å²) in [6.07, 6.45) is 0. The van der Waals surface area contributed by atoms with Gasteiger partial charge in [0.15, 0.2) is 11.4 Å². The van der Waals surface area contributed by atoms with Crippen LogP contribution in [0.4, 0.5) is 8.78 Å². The third-order valence-electron chi connectivity index (χ3n) is 2.50. The van der Waals surface area contributed by atoms with E-state index >= 15 is 0 Å². The van der Waals surface area contributed by atoms with Crippen molar-refractivity contribution >= 4 is 26.9 Å². The normalized spacial score (nSPS) is 13.4. The van der Waals surface area contributed by atoms with Crippen molar-refractivity contribution in [1.29, 1.82) is 0 Å². The number of fused-ring (bicyclic) bond motifs is 1. The molecule has 1 atom stereocenters. The van der Waals surface area contributed by atoms with Crippen molar-refractivity contribution in [2.24, 2.45) is 5.73 Å². The van der Waals surface area contributed by atoms with Gasteiger partial charge >= 0.3 is 0 Å². The highest BCUT2D eigenvalue weighted by atomic mass is 79.9. The molecule has 0 radical (unpaired) electrons. The molecular weight excluding hydrogens is 280 g/mol. The van der Waals surface area contributed by atoms with Crippen molar-refractivity contribution in [3.05, 3.63) is 33.5 Å². The van der Waals surface area contributed by atoms with E-state index in [4.69, 9.17) is 10.2 Å². The maximum Gasteiger partial charge on any atom is 0.201 e. The molecule has 0 aliphatic carbocycles. The van der Waals surface area contributed by atoms with Crippen LogP contribution in [0.25, 0.3) is 11.0 Å². The van der Waals surface area contributed by atoms with E-state index in [0.29, 0.717) is 15.6 Å². The first kappa shape index (κ1) is 11.5. The Bertz CT molecular complexity index is 563. The van der Waals surface area contributed by atoms with Gasteiger partial charge in [0.05, 0.1) is 6.04 Å². The topological polar surface area (TPSA) is 39.2 Å². The molecule has 0 saturated carbocycles.